The van der Waals surface area contributed by atoms with Gasteiger partial charge in [0.1, 0.15) is 0 Å². The molecule has 1 N–H and O–H groups in total. The molecule has 26 heavy (non-hydrogen) atoms. The van der Waals surface area contributed by atoms with E-state index in [1.54, 1.807) is 0 Å². The maximum atomic E-state index is 13.1. The predicted octanol–water partition coefficient (Wildman–Crippen LogP) is 3.55. The quantitative estimate of drug-likeness (QED) is 0.767. The Kier molecular flexibility index (Phi) is 4.01. The van der Waals surface area contributed by atoms with Crippen LogP contribution in [0.2, 0.25) is 0 Å². The average molecular weight is 416 g/mol. The van der Waals surface area contributed by atoms with Crippen LogP contribution < -0.4 is 0 Å². The zero-order chi connectivity index (χ0) is 18.7. The molecule has 1 saturated carbocycles. The van der Waals surface area contributed by atoms with Crippen LogP contribution >= 0.6 is 15.9 Å². The van der Waals surface area contributed by atoms with Crippen LogP contribution in [0.3, 0.4) is 0 Å². The highest BCUT2D eigenvalue weighted by molar-refractivity contribution is 9.10. The Morgan fingerprint density at radius 1 is 1.04 bits per heavy atom. The van der Waals surface area contributed by atoms with Gasteiger partial charge in [0.2, 0.25) is 11.8 Å². The second-order valence-corrected chi connectivity index (χ2v) is 8.90. The fourth-order valence-corrected chi connectivity index (χ4v) is 4.79. The number of carbonyl (C=O) groups is 2. The van der Waals surface area contributed by atoms with Gasteiger partial charge in [0.05, 0.1) is 23.0 Å². The molecule has 2 fully saturated rings. The van der Waals surface area contributed by atoms with Crippen molar-refractivity contribution in [1.82, 2.24) is 4.90 Å². The third-order valence-corrected chi connectivity index (χ3v) is 6.76. The summed E-state index contributed by atoms with van der Waals surface area (Å²) in [6.07, 6.45) is 8.04. The van der Waals surface area contributed by atoms with Crippen molar-refractivity contribution in [2.24, 2.45) is 17.8 Å². The number of allylic oxidation sites excluding steroid dienone is 2. The molecule has 1 aromatic rings. The summed E-state index contributed by atoms with van der Waals surface area (Å²) in [5.74, 6) is -1.11. The molecule has 1 aliphatic heterocycles. The molecule has 3 aliphatic rings. The van der Waals surface area contributed by atoms with Crippen molar-refractivity contribution < 1.29 is 14.7 Å². The number of nitrogens with zero attached hydrogens (tertiary/aromatic N) is 1. The van der Waals surface area contributed by atoms with Gasteiger partial charge in [-0.1, -0.05) is 66.2 Å². The minimum absolute atomic E-state index is 0.0564. The molecule has 2 aliphatic carbocycles. The van der Waals surface area contributed by atoms with Gasteiger partial charge in [-0.3, -0.25) is 14.5 Å². The first-order valence-corrected chi connectivity index (χ1v) is 9.79. The van der Waals surface area contributed by atoms with Gasteiger partial charge in [0.15, 0.2) is 0 Å². The molecule has 2 amide bonds. The largest absolute Gasteiger partial charge is 0.389 e. The molecule has 0 radical (unpaired) electrons. The van der Waals surface area contributed by atoms with E-state index in [1.165, 1.54) is 4.90 Å². The predicted molar refractivity (Wildman–Crippen MR) is 102 cm³/mol. The number of fused-ring (bicyclic) bond motifs is 1. The number of imide groups is 1. The number of benzene rings is 1. The number of halogens is 1. The molecule has 136 valence electrons. The van der Waals surface area contributed by atoms with Gasteiger partial charge in [-0.05, 0) is 23.6 Å². The molecule has 5 heteroatoms. The molecule has 4 nitrogen and oxygen atoms in total. The maximum absolute atomic E-state index is 13.1. The highest BCUT2D eigenvalue weighted by Crippen LogP contribution is 2.57. The van der Waals surface area contributed by atoms with Crippen molar-refractivity contribution >= 4 is 27.7 Å². The zero-order valence-electron chi connectivity index (χ0n) is 14.9. The van der Waals surface area contributed by atoms with Crippen LogP contribution in [0.25, 0.3) is 0 Å². The Labute approximate surface area is 161 Å². The second-order valence-electron chi connectivity index (χ2n) is 7.98. The van der Waals surface area contributed by atoms with Gasteiger partial charge in [-0.25, -0.2) is 0 Å². The fourth-order valence-electron chi connectivity index (χ4n) is 4.53. The van der Waals surface area contributed by atoms with Crippen LogP contribution in [0.15, 0.2) is 53.0 Å². The van der Waals surface area contributed by atoms with Gasteiger partial charge in [0.25, 0.3) is 0 Å². The lowest BCUT2D eigenvalue weighted by atomic mass is 9.57. The maximum Gasteiger partial charge on any atom is 0.238 e. The number of aliphatic hydroxyl groups is 1. The van der Waals surface area contributed by atoms with E-state index >= 15 is 0 Å². The smallest absolute Gasteiger partial charge is 0.238 e. The Hall–Kier alpha value is -1.72. The van der Waals surface area contributed by atoms with Crippen LogP contribution in [0.5, 0.6) is 0 Å². The SMILES string of the molecule is CC(C)C1(O)CC(c2ccc(Br)cc2)(N2C(=O)C3C=CC=CC3C2=O)C1. The summed E-state index contributed by atoms with van der Waals surface area (Å²) in [6, 6.07) is 7.72. The molecular formula is C21H22BrNO3. The Balaban J connectivity index is 1.79. The molecule has 1 heterocycles. The molecule has 0 aromatic heterocycles. The summed E-state index contributed by atoms with van der Waals surface area (Å²) in [7, 11) is 0. The minimum atomic E-state index is -0.868. The highest BCUT2D eigenvalue weighted by atomic mass is 79.9. The van der Waals surface area contributed by atoms with E-state index in [2.05, 4.69) is 15.9 Å². The molecule has 0 bridgehead atoms. The number of rotatable bonds is 3. The summed E-state index contributed by atoms with van der Waals surface area (Å²) < 4.78 is 0.938. The first-order valence-electron chi connectivity index (χ1n) is 9.00. The summed E-state index contributed by atoms with van der Waals surface area (Å²) in [4.78, 5) is 27.7. The number of carbonyl (C=O) groups excluding carboxylic acids is 2. The van der Waals surface area contributed by atoms with E-state index in [0.717, 1.165) is 10.0 Å². The third-order valence-electron chi connectivity index (χ3n) is 6.23. The number of hydrogen-bond donors (Lipinski definition) is 1. The van der Waals surface area contributed by atoms with Crippen molar-refractivity contribution in [3.63, 3.8) is 0 Å². The van der Waals surface area contributed by atoms with E-state index in [9.17, 15) is 14.7 Å². The van der Waals surface area contributed by atoms with Gasteiger partial charge < -0.3 is 5.11 Å². The molecule has 2 unspecified atom stereocenters. The van der Waals surface area contributed by atoms with Gasteiger partial charge in [-0.2, -0.15) is 0 Å². The minimum Gasteiger partial charge on any atom is -0.389 e. The Morgan fingerprint density at radius 2 is 1.54 bits per heavy atom. The van der Waals surface area contributed by atoms with Crippen LogP contribution in [0, 0.1) is 17.8 Å². The van der Waals surface area contributed by atoms with Crippen LogP contribution in [0.4, 0.5) is 0 Å². The molecule has 4 rings (SSSR count). The van der Waals surface area contributed by atoms with Crippen LogP contribution in [-0.4, -0.2) is 27.4 Å². The summed E-state index contributed by atoms with van der Waals surface area (Å²) in [6.45, 7) is 3.95. The third kappa shape index (κ3) is 2.37. The standard InChI is InChI=1S/C21H22BrNO3/c1-13(2)21(26)11-20(12-21,14-7-9-15(22)10-8-14)23-18(24)16-5-3-4-6-17(16)19(23)25/h3-10,13,16-17,26H,11-12H2,1-2H3. The van der Waals surface area contributed by atoms with Crippen molar-refractivity contribution in [2.75, 3.05) is 0 Å². The lowest BCUT2D eigenvalue weighted by Gasteiger charge is -2.58. The van der Waals surface area contributed by atoms with E-state index in [1.807, 2.05) is 62.4 Å². The Morgan fingerprint density at radius 3 is 2.00 bits per heavy atom. The topological polar surface area (TPSA) is 57.6 Å². The molecule has 1 saturated heterocycles. The van der Waals surface area contributed by atoms with Gasteiger partial charge in [-0.15, -0.1) is 0 Å². The summed E-state index contributed by atoms with van der Waals surface area (Å²) in [5, 5.41) is 10.9. The van der Waals surface area contributed by atoms with Gasteiger partial charge >= 0.3 is 0 Å². The molecular weight excluding hydrogens is 394 g/mol. The Bertz CT molecular complexity index is 788. The zero-order valence-corrected chi connectivity index (χ0v) is 16.4. The number of hydrogen-bond acceptors (Lipinski definition) is 3. The van der Waals surface area contributed by atoms with Crippen molar-refractivity contribution in [1.29, 1.82) is 0 Å². The highest BCUT2D eigenvalue weighted by Gasteiger charge is 2.65. The van der Waals surface area contributed by atoms with Gasteiger partial charge in [0, 0.05) is 17.3 Å². The van der Waals surface area contributed by atoms with E-state index < -0.39 is 23.0 Å². The van der Waals surface area contributed by atoms with Crippen molar-refractivity contribution in [2.45, 2.75) is 37.8 Å². The fraction of sp³-hybridized carbons (Fsp3) is 0.429. The van der Waals surface area contributed by atoms with E-state index in [-0.39, 0.29) is 17.7 Å². The van der Waals surface area contributed by atoms with Crippen LogP contribution in [0.1, 0.15) is 32.3 Å². The second kappa shape index (κ2) is 5.89. The number of amides is 2. The first-order chi connectivity index (χ1) is 12.3. The van der Waals surface area contributed by atoms with Crippen molar-refractivity contribution in [3.8, 4) is 0 Å². The lowest BCUT2D eigenvalue weighted by molar-refractivity contribution is -0.187. The number of likely N-dealkylation sites (tertiary alicyclic amines) is 1. The van der Waals surface area contributed by atoms with E-state index in [0.29, 0.717) is 12.8 Å². The van der Waals surface area contributed by atoms with Crippen LogP contribution in [-0.2, 0) is 15.1 Å². The molecule has 2 atom stereocenters. The molecule has 1 aromatic carbocycles. The summed E-state index contributed by atoms with van der Waals surface area (Å²) >= 11 is 3.44. The lowest BCUT2D eigenvalue weighted by Crippen LogP contribution is -2.66. The molecule has 0 spiro atoms. The van der Waals surface area contributed by atoms with Crippen molar-refractivity contribution in [3.05, 3.63) is 58.6 Å². The monoisotopic (exact) mass is 415 g/mol. The normalized spacial score (nSPS) is 35.8. The average Bonchev–Trinajstić information content (AvgIpc) is 2.84. The summed E-state index contributed by atoms with van der Waals surface area (Å²) in [5.41, 5.74) is -0.737. The first kappa shape index (κ1) is 17.7. The van der Waals surface area contributed by atoms with E-state index in [4.69, 9.17) is 0 Å².